The first-order chi connectivity index (χ1) is 14.5. The molecule has 0 aliphatic carbocycles. The Bertz CT molecular complexity index is 793. The number of nitrogens with zero attached hydrogens (tertiary/aromatic N) is 3. The summed E-state index contributed by atoms with van der Waals surface area (Å²) < 4.78 is 0. The van der Waals surface area contributed by atoms with Crippen LogP contribution in [0.15, 0.2) is 53.5 Å². The Kier molecular flexibility index (Phi) is 8.29. The fourth-order valence-corrected chi connectivity index (χ4v) is 3.76. The Morgan fingerprint density at radius 3 is 2.27 bits per heavy atom. The molecule has 3 rings (SSSR count). The number of aliphatic hydroxyl groups is 1. The molecule has 0 spiro atoms. The molecule has 162 valence electrons. The highest BCUT2D eigenvalue weighted by Crippen LogP contribution is 2.15. The molecule has 1 fully saturated rings. The molecule has 5 heteroatoms. The van der Waals surface area contributed by atoms with Crippen molar-refractivity contribution in [2.24, 2.45) is 4.99 Å². The van der Waals surface area contributed by atoms with E-state index in [9.17, 15) is 5.11 Å². The number of guanidine groups is 1. The average Bonchev–Trinajstić information content (AvgIpc) is 2.75. The normalized spacial score (nSPS) is 15.9. The Hall–Kier alpha value is -2.37. The number of aliphatic hydroxyl groups excluding tert-OH is 1. The van der Waals surface area contributed by atoms with Gasteiger partial charge in [-0.25, -0.2) is 4.99 Å². The third kappa shape index (κ3) is 6.85. The smallest absolute Gasteiger partial charge is 0.194 e. The van der Waals surface area contributed by atoms with Crippen molar-refractivity contribution in [1.82, 2.24) is 15.1 Å². The van der Waals surface area contributed by atoms with Crippen molar-refractivity contribution in [3.8, 4) is 0 Å². The summed E-state index contributed by atoms with van der Waals surface area (Å²) in [6, 6.07) is 17.4. The molecular formula is C25H36N4O. The van der Waals surface area contributed by atoms with Crippen LogP contribution in [-0.4, -0.2) is 53.7 Å². The summed E-state index contributed by atoms with van der Waals surface area (Å²) in [6.45, 7) is 9.47. The van der Waals surface area contributed by atoms with E-state index in [0.717, 1.165) is 51.5 Å². The average molecular weight is 409 g/mol. The van der Waals surface area contributed by atoms with Crippen LogP contribution < -0.4 is 5.32 Å². The first-order valence-corrected chi connectivity index (χ1v) is 11.1. The summed E-state index contributed by atoms with van der Waals surface area (Å²) in [5.41, 5.74) is 5.10. The molecular weight excluding hydrogens is 372 g/mol. The SMILES string of the molecule is CCNC(=NCc1ccc(CN2CCC(O)CC2)cc1)N(C)Cc1ccc(C)cc1. The van der Waals surface area contributed by atoms with Gasteiger partial charge in [0, 0.05) is 39.8 Å². The van der Waals surface area contributed by atoms with Crippen molar-refractivity contribution >= 4 is 5.96 Å². The van der Waals surface area contributed by atoms with Gasteiger partial charge in [-0.05, 0) is 43.4 Å². The highest BCUT2D eigenvalue weighted by Gasteiger charge is 2.16. The fraction of sp³-hybridized carbons (Fsp3) is 0.480. The summed E-state index contributed by atoms with van der Waals surface area (Å²) >= 11 is 0. The van der Waals surface area contributed by atoms with Gasteiger partial charge in [-0.15, -0.1) is 0 Å². The third-order valence-corrected chi connectivity index (χ3v) is 5.63. The predicted molar refractivity (Wildman–Crippen MR) is 124 cm³/mol. The molecule has 5 nitrogen and oxygen atoms in total. The lowest BCUT2D eigenvalue weighted by Crippen LogP contribution is -2.38. The number of hydrogen-bond donors (Lipinski definition) is 2. The van der Waals surface area contributed by atoms with Crippen LogP contribution in [0, 0.1) is 6.92 Å². The Labute approximate surface area is 181 Å². The maximum atomic E-state index is 9.66. The minimum Gasteiger partial charge on any atom is -0.393 e. The summed E-state index contributed by atoms with van der Waals surface area (Å²) in [5, 5.41) is 13.1. The minimum atomic E-state index is -0.114. The highest BCUT2D eigenvalue weighted by atomic mass is 16.3. The third-order valence-electron chi connectivity index (χ3n) is 5.63. The topological polar surface area (TPSA) is 51.1 Å². The minimum absolute atomic E-state index is 0.114. The molecule has 0 amide bonds. The zero-order valence-corrected chi connectivity index (χ0v) is 18.6. The molecule has 0 aromatic heterocycles. The number of piperidine rings is 1. The number of benzene rings is 2. The second kappa shape index (κ2) is 11.1. The summed E-state index contributed by atoms with van der Waals surface area (Å²) in [4.78, 5) is 9.44. The van der Waals surface area contributed by atoms with Crippen LogP contribution in [0.1, 0.15) is 42.0 Å². The van der Waals surface area contributed by atoms with Gasteiger partial charge >= 0.3 is 0 Å². The van der Waals surface area contributed by atoms with Gasteiger partial charge in [0.25, 0.3) is 0 Å². The van der Waals surface area contributed by atoms with Crippen molar-refractivity contribution in [1.29, 1.82) is 0 Å². The van der Waals surface area contributed by atoms with Crippen molar-refractivity contribution in [3.63, 3.8) is 0 Å². The summed E-state index contributed by atoms with van der Waals surface area (Å²) in [7, 11) is 2.08. The van der Waals surface area contributed by atoms with Crippen LogP contribution in [0.2, 0.25) is 0 Å². The Morgan fingerprint density at radius 1 is 1.03 bits per heavy atom. The summed E-state index contributed by atoms with van der Waals surface area (Å²) in [6.07, 6.45) is 1.66. The first-order valence-electron chi connectivity index (χ1n) is 11.1. The number of hydrogen-bond acceptors (Lipinski definition) is 3. The maximum absolute atomic E-state index is 9.66. The Balaban J connectivity index is 1.56. The Morgan fingerprint density at radius 2 is 1.63 bits per heavy atom. The van der Waals surface area contributed by atoms with Crippen LogP contribution in [0.3, 0.4) is 0 Å². The van der Waals surface area contributed by atoms with Gasteiger partial charge in [-0.2, -0.15) is 0 Å². The molecule has 0 atom stereocenters. The maximum Gasteiger partial charge on any atom is 0.194 e. The quantitative estimate of drug-likeness (QED) is 0.543. The van der Waals surface area contributed by atoms with E-state index in [2.05, 4.69) is 84.5 Å². The van der Waals surface area contributed by atoms with Crippen molar-refractivity contribution in [3.05, 3.63) is 70.8 Å². The largest absolute Gasteiger partial charge is 0.393 e. The number of rotatable bonds is 7. The zero-order valence-electron chi connectivity index (χ0n) is 18.6. The molecule has 2 aromatic carbocycles. The van der Waals surface area contributed by atoms with Gasteiger partial charge in [0.05, 0.1) is 12.6 Å². The van der Waals surface area contributed by atoms with Gasteiger partial charge in [-0.1, -0.05) is 54.1 Å². The standard InChI is InChI=1S/C25H36N4O/c1-4-26-25(28(3)18-22-7-5-20(2)6-8-22)27-17-21-9-11-23(12-10-21)19-29-15-13-24(30)14-16-29/h5-12,24,30H,4,13-19H2,1-3H3,(H,26,27). The van der Waals surface area contributed by atoms with E-state index in [-0.39, 0.29) is 6.10 Å². The zero-order chi connectivity index (χ0) is 21.3. The van der Waals surface area contributed by atoms with Gasteiger partial charge in [-0.3, -0.25) is 4.90 Å². The van der Waals surface area contributed by atoms with E-state index in [1.54, 1.807) is 0 Å². The second-order valence-corrected chi connectivity index (χ2v) is 8.34. The molecule has 0 saturated carbocycles. The van der Waals surface area contributed by atoms with E-state index in [0.29, 0.717) is 6.54 Å². The molecule has 1 heterocycles. The first kappa shape index (κ1) is 22.3. The van der Waals surface area contributed by atoms with Gasteiger partial charge < -0.3 is 15.3 Å². The monoisotopic (exact) mass is 408 g/mol. The number of likely N-dealkylation sites (tertiary alicyclic amines) is 1. The molecule has 1 saturated heterocycles. The van der Waals surface area contributed by atoms with Gasteiger partial charge in [0.1, 0.15) is 0 Å². The van der Waals surface area contributed by atoms with E-state index in [1.165, 1.54) is 22.3 Å². The van der Waals surface area contributed by atoms with E-state index >= 15 is 0 Å². The lowest BCUT2D eigenvalue weighted by molar-refractivity contribution is 0.0792. The van der Waals surface area contributed by atoms with Crippen molar-refractivity contribution < 1.29 is 5.11 Å². The number of aliphatic imine (C=N–C) groups is 1. The molecule has 0 bridgehead atoms. The van der Waals surface area contributed by atoms with Crippen LogP contribution in [0.4, 0.5) is 0 Å². The van der Waals surface area contributed by atoms with Crippen LogP contribution in [-0.2, 0) is 19.6 Å². The molecule has 1 aliphatic heterocycles. The lowest BCUT2D eigenvalue weighted by atomic mass is 10.1. The van der Waals surface area contributed by atoms with Crippen LogP contribution in [0.5, 0.6) is 0 Å². The van der Waals surface area contributed by atoms with Crippen molar-refractivity contribution in [2.75, 3.05) is 26.7 Å². The highest BCUT2D eigenvalue weighted by molar-refractivity contribution is 5.79. The molecule has 30 heavy (non-hydrogen) atoms. The van der Waals surface area contributed by atoms with Crippen molar-refractivity contribution in [2.45, 2.75) is 52.4 Å². The number of nitrogens with one attached hydrogen (secondary N) is 1. The lowest BCUT2D eigenvalue weighted by Gasteiger charge is -2.29. The number of aryl methyl sites for hydroxylation is 1. The van der Waals surface area contributed by atoms with E-state index in [1.807, 2.05) is 0 Å². The molecule has 2 aromatic rings. The van der Waals surface area contributed by atoms with E-state index < -0.39 is 0 Å². The van der Waals surface area contributed by atoms with Crippen LogP contribution >= 0.6 is 0 Å². The van der Waals surface area contributed by atoms with Crippen LogP contribution in [0.25, 0.3) is 0 Å². The van der Waals surface area contributed by atoms with Gasteiger partial charge in [0.2, 0.25) is 0 Å². The molecule has 1 aliphatic rings. The van der Waals surface area contributed by atoms with Gasteiger partial charge in [0.15, 0.2) is 5.96 Å². The molecule has 0 radical (unpaired) electrons. The summed E-state index contributed by atoms with van der Waals surface area (Å²) in [5.74, 6) is 0.925. The molecule has 2 N–H and O–H groups in total. The second-order valence-electron chi connectivity index (χ2n) is 8.34. The van der Waals surface area contributed by atoms with E-state index in [4.69, 9.17) is 4.99 Å². The molecule has 0 unspecified atom stereocenters. The predicted octanol–water partition coefficient (Wildman–Crippen LogP) is 3.55. The fourth-order valence-electron chi connectivity index (χ4n) is 3.76.